The van der Waals surface area contributed by atoms with Gasteiger partial charge in [0, 0.05) is 11.6 Å². The average Bonchev–Trinajstić information content (AvgIpc) is 2.23. The molecule has 0 aromatic heterocycles. The van der Waals surface area contributed by atoms with Crippen molar-refractivity contribution in [3.8, 4) is 0 Å². The number of carboxylic acid groups (broad SMARTS) is 1. The van der Waals surface area contributed by atoms with E-state index in [-0.39, 0.29) is 68.4 Å². The second-order valence-electron chi connectivity index (χ2n) is 2.66. The van der Waals surface area contributed by atoms with Gasteiger partial charge < -0.3 is 5.11 Å². The first-order chi connectivity index (χ1) is 7.36. The van der Waals surface area contributed by atoms with Crippen molar-refractivity contribution in [2.45, 2.75) is 0 Å². The summed E-state index contributed by atoms with van der Waals surface area (Å²) in [5.74, 6) is -1.14. The minimum atomic E-state index is -1.14. The van der Waals surface area contributed by atoms with Crippen LogP contribution in [0.25, 0.3) is 6.08 Å². The van der Waals surface area contributed by atoms with Gasteiger partial charge in [-0.3, -0.25) is 0 Å². The van der Waals surface area contributed by atoms with E-state index >= 15 is 0 Å². The molecule has 8 heteroatoms. The van der Waals surface area contributed by atoms with Crippen LogP contribution in [0.1, 0.15) is 5.56 Å². The summed E-state index contributed by atoms with van der Waals surface area (Å²) >= 11 is 29.0. The van der Waals surface area contributed by atoms with Crippen molar-refractivity contribution in [2.75, 3.05) is 0 Å². The van der Waals surface area contributed by atoms with Crippen LogP contribution >= 0.6 is 58.0 Å². The molecule has 0 unspecified atom stereocenters. The molecule has 0 radical (unpaired) electrons. The van der Waals surface area contributed by atoms with Crippen LogP contribution < -0.4 is 0 Å². The molecule has 0 heterocycles. The van der Waals surface area contributed by atoms with Gasteiger partial charge in [-0.2, -0.15) is 0 Å². The monoisotopic (exact) mass is 360 g/mol. The summed E-state index contributed by atoms with van der Waals surface area (Å²) in [5.41, 5.74) is 0.213. The molecule has 1 aromatic rings. The molecule has 90 valence electrons. The number of benzene rings is 1. The van der Waals surface area contributed by atoms with Crippen molar-refractivity contribution in [1.82, 2.24) is 0 Å². The minimum absolute atomic E-state index is 0. The van der Waals surface area contributed by atoms with E-state index in [2.05, 4.69) is 0 Å². The van der Waals surface area contributed by atoms with Crippen LogP contribution in [0, 0.1) is 0 Å². The quantitative estimate of drug-likeness (QED) is 0.372. The Labute approximate surface area is 152 Å². The van der Waals surface area contributed by atoms with Crippen LogP contribution in [0.15, 0.2) is 6.08 Å². The number of carbonyl (C=O) groups is 1. The summed E-state index contributed by atoms with van der Waals surface area (Å²) in [5, 5.41) is 8.69. The van der Waals surface area contributed by atoms with Crippen LogP contribution in [0.2, 0.25) is 25.1 Å². The Bertz CT molecular complexity index is 458. The average molecular weight is 362 g/mol. The second-order valence-corrected chi connectivity index (χ2v) is 4.54. The van der Waals surface area contributed by atoms with E-state index in [1.165, 1.54) is 6.08 Å². The van der Waals surface area contributed by atoms with Crippen LogP contribution in [0.3, 0.4) is 0 Å². The maximum absolute atomic E-state index is 10.4. The summed E-state index contributed by atoms with van der Waals surface area (Å²) < 4.78 is 0. The molecule has 1 N–H and O–H groups in total. The second kappa shape index (κ2) is 7.66. The molecule has 1 rings (SSSR count). The maximum atomic E-state index is 10.4. The van der Waals surface area contributed by atoms with Gasteiger partial charge in [-0.15, -0.1) is 0 Å². The molecule has 0 aliphatic carbocycles. The van der Waals surface area contributed by atoms with Gasteiger partial charge in [0.15, 0.2) is 0 Å². The molecule has 0 bridgehead atoms. The number of hydrogen-bond acceptors (Lipinski definition) is 1. The van der Waals surface area contributed by atoms with Gasteiger partial charge in [0.25, 0.3) is 0 Å². The van der Waals surface area contributed by atoms with Crippen molar-refractivity contribution in [3.05, 3.63) is 36.8 Å². The Balaban J connectivity index is 0.00000256. The molecule has 0 spiro atoms. The van der Waals surface area contributed by atoms with Crippen molar-refractivity contribution in [1.29, 1.82) is 0 Å². The third kappa shape index (κ3) is 4.32. The van der Waals surface area contributed by atoms with E-state index in [0.29, 0.717) is 0 Å². The van der Waals surface area contributed by atoms with E-state index in [1.807, 2.05) is 0 Å². The van der Waals surface area contributed by atoms with Crippen molar-refractivity contribution in [3.63, 3.8) is 0 Å². The topological polar surface area (TPSA) is 37.3 Å². The first-order valence-electron chi connectivity index (χ1n) is 3.78. The molecule has 0 fully saturated rings. The molecule has 2 nitrogen and oxygen atoms in total. The number of carboxylic acids is 1. The molecular formula is C9H5CaCl5O2. The molecule has 0 amide bonds. The van der Waals surface area contributed by atoms with Gasteiger partial charge in [0.1, 0.15) is 0 Å². The summed E-state index contributed by atoms with van der Waals surface area (Å²) in [6.45, 7) is 0. The zero-order valence-electron chi connectivity index (χ0n) is 7.40. The standard InChI is InChI=1S/C9H3Cl5O2.Ca.2H/c10-5-3(1-2-4(15)16)6(11)8(13)9(14)7(5)12;;;/h1-2H,(H,15,16);;;. The van der Waals surface area contributed by atoms with E-state index in [0.717, 1.165) is 6.08 Å². The molecule has 0 aliphatic rings. The van der Waals surface area contributed by atoms with Crippen molar-refractivity contribution >= 4 is 108 Å². The normalized spacial score (nSPS) is 10.4. The fraction of sp³-hybridized carbons (Fsp3) is 0. The Morgan fingerprint density at radius 3 is 1.59 bits per heavy atom. The molecule has 0 saturated carbocycles. The molecular weight excluding hydrogens is 357 g/mol. The molecule has 0 atom stereocenters. The van der Waals surface area contributed by atoms with Gasteiger partial charge in [0.2, 0.25) is 0 Å². The Morgan fingerprint density at radius 1 is 0.882 bits per heavy atom. The van der Waals surface area contributed by atoms with E-state index in [1.54, 1.807) is 0 Å². The summed E-state index contributed by atoms with van der Waals surface area (Å²) in [6, 6.07) is 0. The molecule has 0 saturated heterocycles. The van der Waals surface area contributed by atoms with Gasteiger partial charge in [0.05, 0.1) is 25.1 Å². The van der Waals surface area contributed by atoms with Crippen LogP contribution in [-0.2, 0) is 4.79 Å². The SMILES string of the molecule is O=C(O)C=Cc1c(Cl)c(Cl)c(Cl)c(Cl)c1Cl.[CaH2]. The fourth-order valence-corrected chi connectivity index (χ4v) is 2.20. The predicted molar refractivity (Wildman–Crippen MR) is 76.7 cm³/mol. The Hall–Kier alpha value is 1.14. The molecule has 1 aromatic carbocycles. The van der Waals surface area contributed by atoms with E-state index < -0.39 is 5.97 Å². The van der Waals surface area contributed by atoms with E-state index in [9.17, 15) is 4.79 Å². The summed E-state index contributed by atoms with van der Waals surface area (Å²) in [6.07, 6.45) is 2.06. The van der Waals surface area contributed by atoms with Gasteiger partial charge in [-0.05, 0) is 6.08 Å². The van der Waals surface area contributed by atoms with Gasteiger partial charge in [-0.25, -0.2) is 4.79 Å². The first kappa shape index (κ1) is 18.1. The number of rotatable bonds is 2. The predicted octanol–water partition coefficient (Wildman–Crippen LogP) is 4.14. The third-order valence-corrected chi connectivity index (χ3v) is 3.94. The zero-order valence-corrected chi connectivity index (χ0v) is 11.2. The van der Waals surface area contributed by atoms with Gasteiger partial charge in [-0.1, -0.05) is 58.0 Å². The number of aliphatic carboxylic acids is 1. The number of halogens is 5. The summed E-state index contributed by atoms with van der Waals surface area (Å²) in [7, 11) is 0. The van der Waals surface area contributed by atoms with E-state index in [4.69, 9.17) is 63.1 Å². The molecule has 0 aliphatic heterocycles. The van der Waals surface area contributed by atoms with Crippen molar-refractivity contribution < 1.29 is 9.90 Å². The summed E-state index contributed by atoms with van der Waals surface area (Å²) in [4.78, 5) is 10.4. The number of hydrogen-bond donors (Lipinski definition) is 1. The van der Waals surface area contributed by atoms with Crippen LogP contribution in [-0.4, -0.2) is 48.8 Å². The van der Waals surface area contributed by atoms with Gasteiger partial charge >= 0.3 is 43.7 Å². The molecule has 17 heavy (non-hydrogen) atoms. The van der Waals surface area contributed by atoms with Crippen molar-refractivity contribution in [2.24, 2.45) is 0 Å². The Kier molecular flexibility index (Phi) is 8.18. The fourth-order valence-electron chi connectivity index (χ4n) is 0.923. The van der Waals surface area contributed by atoms with Crippen LogP contribution in [0.5, 0.6) is 0 Å². The zero-order chi connectivity index (χ0) is 12.5. The Morgan fingerprint density at radius 2 is 1.24 bits per heavy atom. The van der Waals surface area contributed by atoms with Crippen LogP contribution in [0.4, 0.5) is 0 Å². The third-order valence-electron chi connectivity index (χ3n) is 1.64. The first-order valence-corrected chi connectivity index (χ1v) is 5.67.